The van der Waals surface area contributed by atoms with Crippen LogP contribution in [0.25, 0.3) is 10.6 Å². The van der Waals surface area contributed by atoms with Crippen molar-refractivity contribution in [2.75, 3.05) is 0 Å². The Labute approximate surface area is 111 Å². The molecule has 1 saturated carbocycles. The van der Waals surface area contributed by atoms with Crippen LogP contribution in [0.4, 0.5) is 0 Å². The zero-order valence-electron chi connectivity index (χ0n) is 10.6. The second kappa shape index (κ2) is 4.86. The van der Waals surface area contributed by atoms with Gasteiger partial charge in [-0.2, -0.15) is 0 Å². The summed E-state index contributed by atoms with van der Waals surface area (Å²) in [5.41, 5.74) is 8.35. The Kier molecular flexibility index (Phi) is 3.22. The van der Waals surface area contributed by atoms with E-state index in [4.69, 9.17) is 10.7 Å². The molecule has 2 aromatic heterocycles. The lowest BCUT2D eigenvalue weighted by Crippen LogP contribution is -2.27. The fraction of sp³-hybridized carbons (Fsp3) is 0.500. The number of nitrogens with two attached hydrogens (primary N) is 1. The van der Waals surface area contributed by atoms with E-state index in [1.165, 1.54) is 23.4 Å². The topological polar surface area (TPSA) is 54.7 Å². The van der Waals surface area contributed by atoms with Gasteiger partial charge in [0, 0.05) is 17.7 Å². The molecule has 0 bridgehead atoms. The minimum atomic E-state index is 0.347. The summed E-state index contributed by atoms with van der Waals surface area (Å²) in [5.74, 6) is 1.65. The molecule has 3 N–H and O–H groups in total. The van der Waals surface area contributed by atoms with Crippen molar-refractivity contribution in [2.24, 2.45) is 5.73 Å². The lowest BCUT2D eigenvalue weighted by atomic mass is 9.86. The monoisotopic (exact) mass is 261 g/mol. The molecule has 2 atom stereocenters. The van der Waals surface area contributed by atoms with Crippen LogP contribution in [-0.4, -0.2) is 16.0 Å². The first kappa shape index (κ1) is 11.9. The van der Waals surface area contributed by atoms with E-state index in [-0.39, 0.29) is 0 Å². The molecule has 0 radical (unpaired) electrons. The van der Waals surface area contributed by atoms with Crippen LogP contribution in [0.2, 0.25) is 0 Å². The average molecular weight is 261 g/mol. The molecule has 4 heteroatoms. The van der Waals surface area contributed by atoms with Crippen LogP contribution in [0.1, 0.15) is 43.1 Å². The molecule has 3 rings (SSSR count). The molecule has 1 aliphatic carbocycles. The molecule has 1 fully saturated rings. The first-order valence-corrected chi connectivity index (χ1v) is 7.48. The van der Waals surface area contributed by atoms with Gasteiger partial charge in [0.2, 0.25) is 0 Å². The highest BCUT2D eigenvalue weighted by Crippen LogP contribution is 2.33. The largest absolute Gasteiger partial charge is 0.345 e. The molecule has 0 aliphatic heterocycles. The Morgan fingerprint density at radius 3 is 3.06 bits per heavy atom. The van der Waals surface area contributed by atoms with Gasteiger partial charge in [-0.3, -0.25) is 0 Å². The number of nitrogens with one attached hydrogen (secondary N) is 1. The van der Waals surface area contributed by atoms with Gasteiger partial charge < -0.3 is 10.7 Å². The maximum atomic E-state index is 6.06. The third kappa shape index (κ3) is 2.22. The predicted octanol–water partition coefficient (Wildman–Crippen LogP) is 3.43. The normalized spacial score (nSPS) is 24.3. The van der Waals surface area contributed by atoms with E-state index >= 15 is 0 Å². The summed E-state index contributed by atoms with van der Waals surface area (Å²) in [4.78, 5) is 9.52. The van der Waals surface area contributed by atoms with Gasteiger partial charge >= 0.3 is 0 Å². The minimum absolute atomic E-state index is 0.347. The van der Waals surface area contributed by atoms with Gasteiger partial charge in [-0.05, 0) is 37.6 Å². The lowest BCUT2D eigenvalue weighted by molar-refractivity contribution is 0.383. The Morgan fingerprint density at radius 1 is 1.44 bits per heavy atom. The van der Waals surface area contributed by atoms with Gasteiger partial charge in [0.25, 0.3) is 0 Å². The first-order valence-electron chi connectivity index (χ1n) is 6.60. The van der Waals surface area contributed by atoms with Crippen molar-refractivity contribution in [3.05, 3.63) is 29.0 Å². The minimum Gasteiger partial charge on any atom is -0.345 e. The van der Waals surface area contributed by atoms with Crippen molar-refractivity contribution < 1.29 is 0 Å². The molecule has 3 nitrogen and oxygen atoms in total. The van der Waals surface area contributed by atoms with Crippen LogP contribution >= 0.6 is 11.3 Å². The molecule has 0 amide bonds. The van der Waals surface area contributed by atoms with Crippen LogP contribution in [0.3, 0.4) is 0 Å². The summed E-state index contributed by atoms with van der Waals surface area (Å²) in [6, 6.07) is 4.55. The zero-order valence-corrected chi connectivity index (χ0v) is 11.5. The highest BCUT2D eigenvalue weighted by Gasteiger charge is 2.24. The molecular weight excluding hydrogens is 242 g/mol. The molecule has 0 spiro atoms. The molecular formula is C14H19N3S. The second-order valence-corrected chi connectivity index (χ2v) is 6.14. The summed E-state index contributed by atoms with van der Waals surface area (Å²) >= 11 is 1.74. The number of thiophene rings is 1. The lowest BCUT2D eigenvalue weighted by Gasteiger charge is -2.24. The fourth-order valence-corrected chi connectivity index (χ4v) is 3.58. The smallest absolute Gasteiger partial charge is 0.110 e. The van der Waals surface area contributed by atoms with Gasteiger partial charge in [-0.15, -0.1) is 11.3 Å². The highest BCUT2D eigenvalue weighted by molar-refractivity contribution is 7.13. The van der Waals surface area contributed by atoms with Crippen LogP contribution < -0.4 is 5.73 Å². The van der Waals surface area contributed by atoms with Crippen LogP contribution in [0.5, 0.6) is 0 Å². The van der Waals surface area contributed by atoms with E-state index in [2.05, 4.69) is 29.4 Å². The molecule has 2 heterocycles. The molecule has 2 unspecified atom stereocenters. The van der Waals surface area contributed by atoms with Gasteiger partial charge in [-0.1, -0.05) is 12.5 Å². The number of hydrogen-bond donors (Lipinski definition) is 2. The Morgan fingerprint density at radius 2 is 2.33 bits per heavy atom. The van der Waals surface area contributed by atoms with E-state index in [1.54, 1.807) is 11.3 Å². The predicted molar refractivity (Wildman–Crippen MR) is 75.8 cm³/mol. The van der Waals surface area contributed by atoms with Crippen LogP contribution in [0.15, 0.2) is 17.5 Å². The van der Waals surface area contributed by atoms with Crippen molar-refractivity contribution in [3.8, 4) is 10.6 Å². The van der Waals surface area contributed by atoms with E-state index < -0.39 is 0 Å². The fourth-order valence-electron chi connectivity index (χ4n) is 2.81. The Bertz CT molecular complexity index is 515. The zero-order chi connectivity index (χ0) is 12.5. The standard InChI is InChI=1S/C14H19N3S/c1-9-13(12-6-3-7-18-12)17-14(16-9)10-4-2-5-11(15)8-10/h3,6-7,10-11H,2,4-5,8,15H2,1H3,(H,16,17). The van der Waals surface area contributed by atoms with Gasteiger partial charge in [0.15, 0.2) is 0 Å². The van der Waals surface area contributed by atoms with Crippen molar-refractivity contribution in [1.82, 2.24) is 9.97 Å². The van der Waals surface area contributed by atoms with Crippen molar-refractivity contribution in [2.45, 2.75) is 44.6 Å². The van der Waals surface area contributed by atoms with Crippen molar-refractivity contribution >= 4 is 11.3 Å². The number of H-pyrrole nitrogens is 1. The SMILES string of the molecule is Cc1[nH]c(C2CCCC(N)C2)nc1-c1cccs1. The summed E-state index contributed by atoms with van der Waals surface area (Å²) in [7, 11) is 0. The molecule has 1 aliphatic rings. The molecule has 0 saturated heterocycles. The number of imidazole rings is 1. The van der Waals surface area contributed by atoms with E-state index in [9.17, 15) is 0 Å². The van der Waals surface area contributed by atoms with Gasteiger partial charge in [0.1, 0.15) is 11.5 Å². The summed E-state index contributed by atoms with van der Waals surface area (Å²) in [6.45, 7) is 2.11. The maximum Gasteiger partial charge on any atom is 0.110 e. The number of aromatic nitrogens is 2. The second-order valence-electron chi connectivity index (χ2n) is 5.20. The maximum absolute atomic E-state index is 6.06. The highest BCUT2D eigenvalue weighted by atomic mass is 32.1. The third-order valence-corrected chi connectivity index (χ3v) is 4.64. The van der Waals surface area contributed by atoms with Gasteiger partial charge in [-0.25, -0.2) is 4.98 Å². The summed E-state index contributed by atoms with van der Waals surface area (Å²) in [6.07, 6.45) is 4.66. The summed E-state index contributed by atoms with van der Waals surface area (Å²) < 4.78 is 0. The molecule has 18 heavy (non-hydrogen) atoms. The van der Waals surface area contributed by atoms with E-state index in [0.29, 0.717) is 12.0 Å². The Balaban J connectivity index is 1.88. The number of nitrogens with zero attached hydrogens (tertiary/aromatic N) is 1. The van der Waals surface area contributed by atoms with Crippen molar-refractivity contribution in [1.29, 1.82) is 0 Å². The van der Waals surface area contributed by atoms with Crippen LogP contribution in [-0.2, 0) is 0 Å². The molecule has 96 valence electrons. The van der Waals surface area contributed by atoms with Crippen molar-refractivity contribution in [3.63, 3.8) is 0 Å². The first-order chi connectivity index (χ1) is 8.74. The van der Waals surface area contributed by atoms with E-state index in [1.807, 2.05) is 0 Å². The number of aromatic amines is 1. The van der Waals surface area contributed by atoms with Crippen LogP contribution in [0, 0.1) is 6.92 Å². The van der Waals surface area contributed by atoms with Gasteiger partial charge in [0.05, 0.1) is 4.88 Å². The average Bonchev–Trinajstić information content (AvgIpc) is 2.97. The number of hydrogen-bond acceptors (Lipinski definition) is 3. The number of aryl methyl sites for hydroxylation is 1. The summed E-state index contributed by atoms with van der Waals surface area (Å²) in [5, 5.41) is 2.10. The molecule has 0 aromatic carbocycles. The Hall–Kier alpha value is -1.13. The number of rotatable bonds is 2. The van der Waals surface area contributed by atoms with E-state index in [0.717, 1.165) is 24.4 Å². The quantitative estimate of drug-likeness (QED) is 0.870. The molecule has 2 aromatic rings. The third-order valence-electron chi connectivity index (χ3n) is 3.76.